The number of nitrogens with one attached hydrogen (secondary N) is 1. The second-order valence-electron chi connectivity index (χ2n) is 4.07. The van der Waals surface area contributed by atoms with E-state index >= 15 is 0 Å². The Hall–Kier alpha value is -2.21. The van der Waals surface area contributed by atoms with Crippen LogP contribution in [0.2, 0.25) is 0 Å². The maximum absolute atomic E-state index is 12.0. The largest absolute Gasteiger partial charge is 0.435 e. The smallest absolute Gasteiger partial charge is 0.387 e. The Morgan fingerprint density at radius 1 is 1.20 bits per heavy atom. The predicted octanol–water partition coefficient (Wildman–Crippen LogP) is 2.79. The van der Waals surface area contributed by atoms with E-state index in [4.69, 9.17) is 0 Å². The lowest BCUT2D eigenvalue weighted by Gasteiger charge is -2.10. The number of benzene rings is 1. The Labute approximate surface area is 115 Å². The van der Waals surface area contributed by atoms with E-state index in [9.17, 15) is 13.9 Å². The second kappa shape index (κ2) is 6.81. The zero-order chi connectivity index (χ0) is 14.4. The molecule has 0 spiro atoms. The molecule has 0 fully saturated rings. The highest BCUT2D eigenvalue weighted by atomic mass is 19.3. The summed E-state index contributed by atoms with van der Waals surface area (Å²) in [6, 6.07) is 8.08. The van der Waals surface area contributed by atoms with Gasteiger partial charge in [0.1, 0.15) is 5.75 Å². The number of hydrogen-bond acceptors (Lipinski definition) is 4. The summed E-state index contributed by atoms with van der Waals surface area (Å²) in [5.74, 6) is 0.126. The Bertz CT molecular complexity index is 547. The molecule has 0 saturated carbocycles. The first kappa shape index (κ1) is 14.2. The summed E-state index contributed by atoms with van der Waals surface area (Å²) in [5, 5.41) is 12.3. The maximum atomic E-state index is 12.0. The first-order valence-electron chi connectivity index (χ1n) is 6.00. The molecule has 0 saturated heterocycles. The van der Waals surface area contributed by atoms with E-state index in [0.717, 1.165) is 16.8 Å². The van der Waals surface area contributed by atoms with Crippen LogP contribution in [0.25, 0.3) is 0 Å². The van der Waals surface area contributed by atoms with Gasteiger partial charge < -0.3 is 15.2 Å². The summed E-state index contributed by atoms with van der Waals surface area (Å²) in [5.41, 5.74) is 2.39. The molecular weight excluding hydrogens is 266 g/mol. The second-order valence-corrected chi connectivity index (χ2v) is 4.07. The lowest BCUT2D eigenvalue weighted by molar-refractivity contribution is -0.0498. The number of anilines is 1. The molecule has 2 rings (SSSR count). The number of pyridine rings is 1. The van der Waals surface area contributed by atoms with Crippen molar-refractivity contribution in [3.63, 3.8) is 0 Å². The number of ether oxygens (including phenoxy) is 1. The van der Waals surface area contributed by atoms with Crippen LogP contribution in [0.1, 0.15) is 11.1 Å². The molecule has 0 aliphatic heterocycles. The van der Waals surface area contributed by atoms with Gasteiger partial charge in [-0.25, -0.2) is 0 Å². The van der Waals surface area contributed by atoms with E-state index in [0.29, 0.717) is 6.54 Å². The number of hydrogen-bond donors (Lipinski definition) is 2. The minimum atomic E-state index is -2.82. The first-order chi connectivity index (χ1) is 9.69. The quantitative estimate of drug-likeness (QED) is 0.854. The van der Waals surface area contributed by atoms with Gasteiger partial charge in [-0.1, -0.05) is 12.1 Å². The van der Waals surface area contributed by atoms with Crippen molar-refractivity contribution in [2.45, 2.75) is 19.8 Å². The Morgan fingerprint density at radius 3 is 2.60 bits per heavy atom. The van der Waals surface area contributed by atoms with E-state index < -0.39 is 6.61 Å². The van der Waals surface area contributed by atoms with Gasteiger partial charge in [-0.05, 0) is 23.8 Å². The van der Waals surface area contributed by atoms with Crippen LogP contribution >= 0.6 is 0 Å². The number of nitrogens with zero attached hydrogens (tertiary/aromatic N) is 1. The summed E-state index contributed by atoms with van der Waals surface area (Å²) in [6.07, 6.45) is 3.23. The third-order valence-corrected chi connectivity index (χ3v) is 2.71. The van der Waals surface area contributed by atoms with Gasteiger partial charge in [-0.3, -0.25) is 4.98 Å². The number of aliphatic hydroxyl groups excluding tert-OH is 1. The molecule has 0 aliphatic carbocycles. The lowest BCUT2D eigenvalue weighted by Crippen LogP contribution is -2.04. The van der Waals surface area contributed by atoms with Crippen LogP contribution in [0.3, 0.4) is 0 Å². The van der Waals surface area contributed by atoms with Crippen molar-refractivity contribution < 1.29 is 18.6 Å². The molecule has 20 heavy (non-hydrogen) atoms. The van der Waals surface area contributed by atoms with Crippen molar-refractivity contribution in [2.24, 2.45) is 0 Å². The van der Waals surface area contributed by atoms with Crippen molar-refractivity contribution in [3.05, 3.63) is 53.9 Å². The highest BCUT2D eigenvalue weighted by Gasteiger charge is 2.04. The van der Waals surface area contributed by atoms with Crippen LogP contribution in [0.5, 0.6) is 5.75 Å². The van der Waals surface area contributed by atoms with Crippen LogP contribution in [0, 0.1) is 0 Å². The summed E-state index contributed by atoms with van der Waals surface area (Å²) in [4.78, 5) is 3.98. The molecule has 0 bridgehead atoms. The van der Waals surface area contributed by atoms with Crippen molar-refractivity contribution in [1.82, 2.24) is 4.98 Å². The van der Waals surface area contributed by atoms with Gasteiger partial charge in [-0.2, -0.15) is 8.78 Å². The molecule has 6 heteroatoms. The number of halogens is 2. The van der Waals surface area contributed by atoms with E-state index in [1.54, 1.807) is 30.6 Å². The molecule has 1 heterocycles. The SMILES string of the molecule is OCc1ccncc1NCc1ccc(OC(F)F)cc1. The van der Waals surface area contributed by atoms with Crippen molar-refractivity contribution in [3.8, 4) is 5.75 Å². The molecule has 0 atom stereocenters. The molecule has 106 valence electrons. The Morgan fingerprint density at radius 2 is 1.95 bits per heavy atom. The number of rotatable bonds is 6. The minimum Gasteiger partial charge on any atom is -0.435 e. The summed E-state index contributed by atoms with van der Waals surface area (Å²) >= 11 is 0. The van der Waals surface area contributed by atoms with Gasteiger partial charge in [0.15, 0.2) is 0 Å². The lowest BCUT2D eigenvalue weighted by atomic mass is 10.2. The third-order valence-electron chi connectivity index (χ3n) is 2.71. The summed E-state index contributed by atoms with van der Waals surface area (Å²) in [6.45, 7) is -2.40. The fraction of sp³-hybridized carbons (Fsp3) is 0.214. The molecule has 2 aromatic rings. The molecule has 0 aliphatic rings. The Kier molecular flexibility index (Phi) is 4.84. The molecule has 0 unspecified atom stereocenters. The summed E-state index contributed by atoms with van der Waals surface area (Å²) < 4.78 is 28.3. The highest BCUT2D eigenvalue weighted by molar-refractivity contribution is 5.49. The van der Waals surface area contributed by atoms with Crippen molar-refractivity contribution in [1.29, 1.82) is 0 Å². The molecule has 4 nitrogen and oxygen atoms in total. The highest BCUT2D eigenvalue weighted by Crippen LogP contribution is 2.17. The van der Waals surface area contributed by atoms with E-state index in [1.807, 2.05) is 0 Å². The number of aliphatic hydroxyl groups is 1. The van der Waals surface area contributed by atoms with Gasteiger partial charge >= 0.3 is 6.61 Å². The van der Waals surface area contributed by atoms with E-state index in [1.165, 1.54) is 12.1 Å². The fourth-order valence-corrected chi connectivity index (χ4v) is 1.71. The van der Waals surface area contributed by atoms with E-state index in [-0.39, 0.29) is 12.4 Å². The first-order valence-corrected chi connectivity index (χ1v) is 6.00. The molecule has 2 N–H and O–H groups in total. The van der Waals surface area contributed by atoms with Crippen LogP contribution in [-0.4, -0.2) is 16.7 Å². The van der Waals surface area contributed by atoms with Gasteiger partial charge in [0.2, 0.25) is 0 Å². The van der Waals surface area contributed by atoms with Crippen molar-refractivity contribution in [2.75, 3.05) is 5.32 Å². The minimum absolute atomic E-state index is 0.0774. The zero-order valence-corrected chi connectivity index (χ0v) is 10.6. The monoisotopic (exact) mass is 280 g/mol. The van der Waals surface area contributed by atoms with Crippen LogP contribution < -0.4 is 10.1 Å². The standard InChI is InChI=1S/C14H14F2N2O2/c15-14(16)20-12-3-1-10(2-4-12)7-18-13-8-17-6-5-11(13)9-19/h1-6,8,14,18-19H,7,9H2. The summed E-state index contributed by atoms with van der Waals surface area (Å²) in [7, 11) is 0. The molecular formula is C14H14F2N2O2. The van der Waals surface area contributed by atoms with Gasteiger partial charge in [0.25, 0.3) is 0 Å². The molecule has 0 radical (unpaired) electrons. The van der Waals surface area contributed by atoms with Gasteiger partial charge in [0.05, 0.1) is 18.5 Å². The topological polar surface area (TPSA) is 54.4 Å². The van der Waals surface area contributed by atoms with Gasteiger partial charge in [-0.15, -0.1) is 0 Å². The number of aromatic nitrogens is 1. The zero-order valence-electron chi connectivity index (χ0n) is 10.6. The Balaban J connectivity index is 1.97. The van der Waals surface area contributed by atoms with Crippen molar-refractivity contribution >= 4 is 5.69 Å². The molecule has 1 aromatic carbocycles. The van der Waals surface area contributed by atoms with Crippen LogP contribution in [-0.2, 0) is 13.2 Å². The maximum Gasteiger partial charge on any atom is 0.387 e. The third kappa shape index (κ3) is 3.89. The van der Waals surface area contributed by atoms with Crippen LogP contribution in [0.15, 0.2) is 42.7 Å². The average molecular weight is 280 g/mol. The average Bonchev–Trinajstić information content (AvgIpc) is 2.46. The molecule has 0 amide bonds. The predicted molar refractivity (Wildman–Crippen MR) is 70.6 cm³/mol. The number of alkyl halides is 2. The van der Waals surface area contributed by atoms with E-state index in [2.05, 4.69) is 15.0 Å². The fourth-order valence-electron chi connectivity index (χ4n) is 1.71. The molecule has 1 aromatic heterocycles. The van der Waals surface area contributed by atoms with Gasteiger partial charge in [0, 0.05) is 18.3 Å². The van der Waals surface area contributed by atoms with Crippen LogP contribution in [0.4, 0.5) is 14.5 Å². The normalized spacial score (nSPS) is 10.6.